The molecular formula is C53H84N4O24. The average Bonchev–Trinajstić information content (AvgIpc) is 3.61. The maximum Gasteiger partial charge on any atom is 0.335 e. The van der Waals surface area contributed by atoms with Gasteiger partial charge in [-0.15, -0.1) is 0 Å². The second-order valence-corrected chi connectivity index (χ2v) is 20.9. The van der Waals surface area contributed by atoms with Crippen LogP contribution in [-0.2, 0) is 100.0 Å². The number of amides is 4. The van der Waals surface area contributed by atoms with E-state index in [2.05, 4.69) is 21.3 Å². The van der Waals surface area contributed by atoms with Crippen molar-refractivity contribution in [1.29, 1.82) is 0 Å². The second kappa shape index (κ2) is 33.2. The summed E-state index contributed by atoms with van der Waals surface area (Å²) in [6.07, 6.45) is -12.3. The fourth-order valence-electron chi connectivity index (χ4n) is 10.8. The third-order valence-electron chi connectivity index (χ3n) is 14.6. The van der Waals surface area contributed by atoms with Crippen molar-refractivity contribution in [2.75, 3.05) is 59.3 Å². The van der Waals surface area contributed by atoms with E-state index in [4.69, 9.17) is 61.9 Å². The van der Waals surface area contributed by atoms with Crippen molar-refractivity contribution in [2.24, 2.45) is 17.8 Å². The van der Waals surface area contributed by atoms with Gasteiger partial charge in [-0.05, 0) is 38.0 Å². The highest BCUT2D eigenvalue weighted by Crippen LogP contribution is 2.42. The van der Waals surface area contributed by atoms with Crippen LogP contribution < -0.4 is 21.3 Å². The summed E-state index contributed by atoms with van der Waals surface area (Å²) in [5.41, 5.74) is 0. The third kappa shape index (κ3) is 20.6. The zero-order valence-electron chi connectivity index (χ0n) is 47.2. The number of aliphatic hydroxyl groups is 3. The minimum atomic E-state index is -1.78. The van der Waals surface area contributed by atoms with Gasteiger partial charge in [0.2, 0.25) is 17.7 Å². The van der Waals surface area contributed by atoms with Gasteiger partial charge in [0.05, 0.1) is 51.3 Å². The van der Waals surface area contributed by atoms with Crippen LogP contribution in [0.3, 0.4) is 0 Å². The highest BCUT2D eigenvalue weighted by molar-refractivity contribution is 5.81. The van der Waals surface area contributed by atoms with Gasteiger partial charge in [-0.3, -0.25) is 38.4 Å². The highest BCUT2D eigenvalue weighted by Gasteiger charge is 2.57. The molecule has 28 nitrogen and oxygen atoms in total. The predicted molar refractivity (Wildman–Crippen MR) is 274 cm³/mol. The van der Waals surface area contributed by atoms with Crippen LogP contribution in [0, 0.1) is 17.8 Å². The molecule has 9 unspecified atom stereocenters. The average molecular weight is 1160 g/mol. The molecule has 2 aliphatic carbocycles. The molecule has 3 aliphatic heterocycles. The highest BCUT2D eigenvalue weighted by atomic mass is 16.8. The number of hydrogen-bond acceptors (Lipinski definition) is 24. The lowest BCUT2D eigenvalue weighted by Crippen LogP contribution is -2.70. The second-order valence-electron chi connectivity index (χ2n) is 20.9. The van der Waals surface area contributed by atoms with Crippen LogP contribution in [0.4, 0.5) is 0 Å². The molecule has 7 N–H and O–H groups in total. The molecule has 0 aromatic heterocycles. The van der Waals surface area contributed by atoms with Crippen LogP contribution in [0.1, 0.15) is 113 Å². The first-order chi connectivity index (χ1) is 38.6. The Labute approximate surface area is 470 Å². The maximum absolute atomic E-state index is 14.2. The lowest BCUT2D eigenvalue weighted by molar-refractivity contribution is -0.344. The molecule has 3 heterocycles. The zero-order chi connectivity index (χ0) is 59.3. The Balaban J connectivity index is 1.33. The first-order valence-electron chi connectivity index (χ1n) is 27.9. The smallest absolute Gasteiger partial charge is 0.335 e. The lowest BCUT2D eigenvalue weighted by atomic mass is 9.75. The monoisotopic (exact) mass is 1160 g/mol. The number of fused-ring (bicyclic) bond motifs is 1. The molecule has 5 rings (SSSR count). The van der Waals surface area contributed by atoms with Gasteiger partial charge in [0.25, 0.3) is 5.91 Å². The van der Waals surface area contributed by atoms with Crippen LogP contribution >= 0.6 is 0 Å². The van der Waals surface area contributed by atoms with Crippen molar-refractivity contribution in [3.8, 4) is 0 Å². The Kier molecular flexibility index (Phi) is 27.3. The molecule has 460 valence electrons. The van der Waals surface area contributed by atoms with Crippen LogP contribution in [0.5, 0.6) is 0 Å². The molecular weight excluding hydrogens is 1080 g/mol. The van der Waals surface area contributed by atoms with Gasteiger partial charge in [-0.1, -0.05) is 45.4 Å². The van der Waals surface area contributed by atoms with E-state index in [1.165, 1.54) is 13.8 Å². The summed E-state index contributed by atoms with van der Waals surface area (Å²) in [7, 11) is 0. The number of carbonyl (C=O) groups is 9. The van der Waals surface area contributed by atoms with Gasteiger partial charge in [-0.25, -0.2) is 4.79 Å². The van der Waals surface area contributed by atoms with Gasteiger partial charge in [0, 0.05) is 66.6 Å². The van der Waals surface area contributed by atoms with E-state index in [0.29, 0.717) is 12.8 Å². The standard InChI is InChI=1S/C53H84N4O24/c1-8-34-23-35(49(67)55-16-15-54-40(65)14-18-70-20-21-71-19-17-56-50(68)42(66)36(64)25-58)24-37(44(34)81-53-48(76-32(7)63)47(75-31(6)62)43(27(2)73-53)74-30(5)61)78-52-41(57-28(3)59)46-45(39(79-52)26-72-29(4)60)80-51(69)38(77-46)22-33-12-10-9-11-13-33/h27,33-39,41-48,52-53,58,64,66H,8-26H2,1-7H3,(H,54,65)(H,55,67)(H,56,68)(H,57,59)/t27?,34?,35?,36-,37-,38-,39?,41?,42+,43-,44?,45+,46?,47?,48?,52-,53+/m1/s1. The molecule has 3 saturated heterocycles. The van der Waals surface area contributed by atoms with E-state index in [-0.39, 0.29) is 77.1 Å². The van der Waals surface area contributed by atoms with Gasteiger partial charge in [-0.2, -0.15) is 0 Å². The third-order valence-corrected chi connectivity index (χ3v) is 14.6. The number of ether oxygens (including phenoxy) is 12. The molecule has 5 aliphatic rings. The van der Waals surface area contributed by atoms with Crippen molar-refractivity contribution >= 4 is 53.5 Å². The fraction of sp³-hybridized carbons (Fsp3) is 0.830. The van der Waals surface area contributed by atoms with Crippen molar-refractivity contribution < 1.29 is 115 Å². The van der Waals surface area contributed by atoms with E-state index in [1.807, 2.05) is 6.92 Å². The number of rotatable bonds is 29. The van der Waals surface area contributed by atoms with E-state index >= 15 is 0 Å². The fourth-order valence-corrected chi connectivity index (χ4v) is 10.8. The summed E-state index contributed by atoms with van der Waals surface area (Å²) >= 11 is 0. The molecule has 0 radical (unpaired) electrons. The minimum absolute atomic E-state index is 0.00910. The molecule has 28 heteroatoms. The molecule has 4 amide bonds. The first-order valence-corrected chi connectivity index (χ1v) is 27.9. The van der Waals surface area contributed by atoms with E-state index < -0.39 is 164 Å². The maximum atomic E-state index is 14.2. The topological polar surface area (TPSA) is 373 Å². The Morgan fingerprint density at radius 2 is 1.35 bits per heavy atom. The molecule has 0 bridgehead atoms. The Hall–Kier alpha value is -5.17. The Morgan fingerprint density at radius 1 is 0.691 bits per heavy atom. The predicted octanol–water partition coefficient (Wildman–Crippen LogP) is -1.34. The largest absolute Gasteiger partial charge is 0.463 e. The number of hydrogen-bond donors (Lipinski definition) is 7. The van der Waals surface area contributed by atoms with Crippen LogP contribution in [0.25, 0.3) is 0 Å². The van der Waals surface area contributed by atoms with Crippen molar-refractivity contribution in [3.05, 3.63) is 0 Å². The summed E-state index contributed by atoms with van der Waals surface area (Å²) < 4.78 is 72.4. The molecule has 0 spiro atoms. The van der Waals surface area contributed by atoms with Crippen LogP contribution in [-0.4, -0.2) is 220 Å². The van der Waals surface area contributed by atoms with Crippen molar-refractivity contribution in [2.45, 2.75) is 205 Å². The van der Waals surface area contributed by atoms with E-state index in [1.54, 1.807) is 6.92 Å². The first kappa shape index (κ1) is 66.6. The Morgan fingerprint density at radius 3 is 1.99 bits per heavy atom. The van der Waals surface area contributed by atoms with E-state index in [0.717, 1.165) is 52.9 Å². The van der Waals surface area contributed by atoms with Gasteiger partial charge in [0.15, 0.2) is 49.2 Å². The Bertz CT molecular complexity index is 2100. The number of carbonyl (C=O) groups excluding carboxylic acids is 9. The van der Waals surface area contributed by atoms with Gasteiger partial charge in [0.1, 0.15) is 31.0 Å². The molecule has 0 aromatic rings. The van der Waals surface area contributed by atoms with Crippen LogP contribution in [0.15, 0.2) is 0 Å². The SMILES string of the molecule is CCC1CC(C(=O)NCCNC(=O)CCOCCOCCNC(=O)[C@@H](O)[C@H](O)CO)C[C@@H](O[C@@H]2OC(COC(C)=O)[C@@H]3OC(=O)[C@@H](CC4CCCCC4)OC3C2NC(C)=O)C1O[C@@H]1OC(C)[C@@H](OC(C)=O)C(OC(C)=O)C1OC(C)=O. The summed E-state index contributed by atoms with van der Waals surface area (Å²) in [6.45, 7) is 8.60. The molecule has 17 atom stereocenters. The summed E-state index contributed by atoms with van der Waals surface area (Å²) in [5, 5.41) is 38.7. The minimum Gasteiger partial charge on any atom is -0.463 e. The molecule has 2 saturated carbocycles. The van der Waals surface area contributed by atoms with Gasteiger partial charge < -0.3 is 93.4 Å². The van der Waals surface area contributed by atoms with Crippen molar-refractivity contribution in [3.63, 3.8) is 0 Å². The lowest BCUT2D eigenvalue weighted by Gasteiger charge is -2.51. The summed E-state index contributed by atoms with van der Waals surface area (Å²) in [6, 6.07) is -1.17. The molecule has 81 heavy (non-hydrogen) atoms. The van der Waals surface area contributed by atoms with Crippen molar-refractivity contribution in [1.82, 2.24) is 21.3 Å². The number of aliphatic hydroxyl groups excluding tert-OH is 3. The van der Waals surface area contributed by atoms with Gasteiger partial charge >= 0.3 is 29.8 Å². The number of nitrogens with one attached hydrogen (secondary N) is 4. The molecule has 0 aromatic carbocycles. The normalized spacial score (nSPS) is 31.1. The summed E-state index contributed by atoms with van der Waals surface area (Å²) in [4.78, 5) is 115. The number of esters is 5. The van der Waals surface area contributed by atoms with E-state index in [9.17, 15) is 53.4 Å². The van der Waals surface area contributed by atoms with Crippen LogP contribution in [0.2, 0.25) is 0 Å². The summed E-state index contributed by atoms with van der Waals surface area (Å²) in [5.74, 6) is -6.88. The zero-order valence-corrected chi connectivity index (χ0v) is 47.2. The molecule has 5 fully saturated rings. The quantitative estimate of drug-likeness (QED) is 0.0259.